The van der Waals surface area contributed by atoms with Crippen molar-refractivity contribution in [1.82, 2.24) is 0 Å². The minimum absolute atomic E-state index is 0. The normalized spacial score (nSPS) is 21.8. The Hall–Kier alpha value is 2.22. The van der Waals surface area contributed by atoms with E-state index in [-0.39, 0.29) is 29.6 Å². The summed E-state index contributed by atoms with van der Waals surface area (Å²) in [6.07, 6.45) is 2.56. The SMILES string of the molecule is C1CCOC1.C1COCCOCCOCCOCCOCCO1.[Na+].p1pp[p-]p1. The Labute approximate surface area is 204 Å². The molecule has 3 heterocycles. The minimum atomic E-state index is 0. The van der Waals surface area contributed by atoms with Crippen LogP contribution in [0.3, 0.4) is 0 Å². The summed E-state index contributed by atoms with van der Waals surface area (Å²) >= 11 is 0. The first-order valence-corrected chi connectivity index (χ1v) is 17.5. The van der Waals surface area contributed by atoms with Crippen LogP contribution in [0.5, 0.6) is 0 Å². The summed E-state index contributed by atoms with van der Waals surface area (Å²) in [5.41, 5.74) is 0. The van der Waals surface area contributed by atoms with Gasteiger partial charge in [0.1, 0.15) is 0 Å². The molecule has 0 bridgehead atoms. The molecule has 7 nitrogen and oxygen atoms in total. The summed E-state index contributed by atoms with van der Waals surface area (Å²) in [6.45, 7) is 9.04. The molecule has 1 aromatic heterocycles. The third-order valence-corrected chi connectivity index (χ3v) is 19.3. The van der Waals surface area contributed by atoms with Gasteiger partial charge in [-0.05, 0) is 12.8 Å². The van der Waals surface area contributed by atoms with Crippen molar-refractivity contribution in [3.63, 3.8) is 0 Å². The van der Waals surface area contributed by atoms with Gasteiger partial charge in [0.15, 0.2) is 0 Å². The largest absolute Gasteiger partial charge is 1.00 e. The van der Waals surface area contributed by atoms with Crippen LogP contribution >= 0.6 is 37.7 Å². The first-order chi connectivity index (χ1) is 14.0. The maximum atomic E-state index is 5.33. The van der Waals surface area contributed by atoms with Gasteiger partial charge in [0.05, 0.1) is 79.3 Å². The molecule has 13 heteroatoms. The molecule has 0 radical (unpaired) electrons. The van der Waals surface area contributed by atoms with E-state index >= 15 is 0 Å². The molecule has 1 aromatic rings. The summed E-state index contributed by atoms with van der Waals surface area (Å²) in [4.78, 5) is 0. The molecule has 2 saturated heterocycles. The zero-order chi connectivity index (χ0) is 19.8. The van der Waals surface area contributed by atoms with Crippen molar-refractivity contribution in [1.29, 1.82) is 0 Å². The van der Waals surface area contributed by atoms with E-state index in [2.05, 4.69) is 0 Å². The average molecular weight is 514 g/mol. The van der Waals surface area contributed by atoms with E-state index in [1.54, 1.807) is 37.7 Å². The van der Waals surface area contributed by atoms with E-state index in [0.29, 0.717) is 79.3 Å². The molecule has 0 aliphatic carbocycles. The zero-order valence-corrected chi connectivity index (χ0v) is 23.9. The molecule has 164 valence electrons. The van der Waals surface area contributed by atoms with Crippen LogP contribution in [0.25, 0.3) is 0 Å². The van der Waals surface area contributed by atoms with Crippen LogP contribution in [0.15, 0.2) is 0 Å². The molecule has 2 aliphatic rings. The van der Waals surface area contributed by atoms with Crippen molar-refractivity contribution in [3.8, 4) is 0 Å². The van der Waals surface area contributed by atoms with Crippen molar-refractivity contribution >= 4 is 37.7 Å². The monoisotopic (exact) mass is 514 g/mol. The molecule has 29 heavy (non-hydrogen) atoms. The van der Waals surface area contributed by atoms with Gasteiger partial charge in [-0.1, -0.05) is 0 Å². The standard InChI is InChI=1S/C12H24O6.C4H8O.Na.P5/c1-2-14-5-6-16-9-10-18-12-11-17-8-7-15-4-3-13-1;1-2-4-5-3-1;;1-2-4-5-3-1/h1-12H2;1-4H2;;/q;;+1;-1. The van der Waals surface area contributed by atoms with Crippen LogP contribution in [0.2, 0.25) is 0 Å². The van der Waals surface area contributed by atoms with E-state index in [4.69, 9.17) is 33.2 Å². The summed E-state index contributed by atoms with van der Waals surface area (Å²) in [5, 5.41) is 0. The Kier molecular flexibility index (Phi) is 30.4. The summed E-state index contributed by atoms with van der Waals surface area (Å²) in [6, 6.07) is 0. The molecule has 3 rings (SSSR count). The van der Waals surface area contributed by atoms with Gasteiger partial charge in [-0.25, -0.2) is 15.1 Å². The van der Waals surface area contributed by atoms with Gasteiger partial charge < -0.3 is 33.2 Å². The molecule has 2 fully saturated rings. The summed E-state index contributed by atoms with van der Waals surface area (Å²) < 4.78 is 36.9. The molecular weight excluding hydrogens is 482 g/mol. The van der Waals surface area contributed by atoms with Crippen molar-refractivity contribution in [2.75, 3.05) is 92.5 Å². The Morgan fingerprint density at radius 1 is 0.379 bits per heavy atom. The third-order valence-electron chi connectivity index (χ3n) is 3.26. The van der Waals surface area contributed by atoms with E-state index in [1.807, 2.05) is 0 Å². The quantitative estimate of drug-likeness (QED) is 0.493. The molecule has 2 aliphatic heterocycles. The van der Waals surface area contributed by atoms with Gasteiger partial charge in [0, 0.05) is 13.2 Å². The van der Waals surface area contributed by atoms with Crippen molar-refractivity contribution in [2.24, 2.45) is 0 Å². The van der Waals surface area contributed by atoms with Gasteiger partial charge in [0.25, 0.3) is 0 Å². The second-order valence-corrected chi connectivity index (χ2v) is 17.1. The Morgan fingerprint density at radius 2 is 0.621 bits per heavy atom. The fourth-order valence-corrected chi connectivity index (χ4v) is 23.6. The fourth-order valence-electron chi connectivity index (χ4n) is 1.92. The Bertz CT molecular complexity index is 292. The Balaban J connectivity index is 0.000000575. The maximum absolute atomic E-state index is 5.33. The maximum Gasteiger partial charge on any atom is 1.00 e. The summed E-state index contributed by atoms with van der Waals surface area (Å²) in [5.74, 6) is 0. The molecule has 0 unspecified atom stereocenters. The van der Waals surface area contributed by atoms with E-state index < -0.39 is 0 Å². The van der Waals surface area contributed by atoms with E-state index in [0.717, 1.165) is 13.2 Å². The fraction of sp³-hybridized carbons (Fsp3) is 1.00. The van der Waals surface area contributed by atoms with E-state index in [1.165, 1.54) is 12.8 Å². The second kappa shape index (κ2) is 28.3. The third kappa shape index (κ3) is 26.4. The van der Waals surface area contributed by atoms with Crippen molar-refractivity contribution in [3.05, 3.63) is 0 Å². The van der Waals surface area contributed by atoms with Crippen molar-refractivity contribution < 1.29 is 62.7 Å². The van der Waals surface area contributed by atoms with Gasteiger partial charge in [-0.2, -0.15) is 22.6 Å². The van der Waals surface area contributed by atoms with Crippen molar-refractivity contribution in [2.45, 2.75) is 12.8 Å². The molecule has 0 aromatic carbocycles. The van der Waals surface area contributed by atoms with Crippen LogP contribution in [-0.2, 0) is 33.2 Å². The van der Waals surface area contributed by atoms with E-state index in [9.17, 15) is 0 Å². The first kappa shape index (κ1) is 31.2. The second-order valence-electron chi connectivity index (χ2n) is 5.44. The molecule has 0 atom stereocenters. The van der Waals surface area contributed by atoms with Gasteiger partial charge in [0.2, 0.25) is 0 Å². The topological polar surface area (TPSA) is 64.6 Å². The van der Waals surface area contributed by atoms with Gasteiger partial charge in [-0.15, -0.1) is 0 Å². The summed E-state index contributed by atoms with van der Waals surface area (Å²) in [7, 11) is 8.06. The van der Waals surface area contributed by atoms with Crippen LogP contribution < -0.4 is 29.6 Å². The number of hydrogen-bond donors (Lipinski definition) is 0. The molecule has 0 N–H and O–H groups in total. The minimum Gasteiger partial charge on any atom is -0.381 e. The number of rotatable bonds is 0. The van der Waals surface area contributed by atoms with Crippen LogP contribution in [0, 0.1) is 0 Å². The van der Waals surface area contributed by atoms with Crippen LogP contribution in [0.4, 0.5) is 0 Å². The Morgan fingerprint density at radius 3 is 0.759 bits per heavy atom. The van der Waals surface area contributed by atoms with Crippen LogP contribution in [0.1, 0.15) is 12.8 Å². The predicted octanol–water partition coefficient (Wildman–Crippen LogP) is 2.21. The van der Waals surface area contributed by atoms with Crippen LogP contribution in [-0.4, -0.2) is 92.5 Å². The zero-order valence-electron chi connectivity index (χ0n) is 17.4. The van der Waals surface area contributed by atoms with Gasteiger partial charge >= 0.3 is 29.6 Å². The molecule has 0 amide bonds. The number of ether oxygens (including phenoxy) is 7. The molecular formula is C16H32NaO7P5. The predicted molar refractivity (Wildman–Crippen MR) is 120 cm³/mol. The number of hydrogen-bond acceptors (Lipinski definition) is 7. The first-order valence-electron chi connectivity index (χ1n) is 9.54. The smallest absolute Gasteiger partial charge is 0.381 e. The van der Waals surface area contributed by atoms with Gasteiger partial charge in [-0.3, -0.25) is 0 Å². The molecule has 0 saturated carbocycles. The average Bonchev–Trinajstić information content (AvgIpc) is 3.46. The molecule has 0 spiro atoms.